The second kappa shape index (κ2) is 14.2. The molecule has 0 amide bonds. The van der Waals surface area contributed by atoms with Gasteiger partial charge in [-0.3, -0.25) is 0 Å². The molecule has 1 heterocycles. The Labute approximate surface area is 243 Å². The van der Waals surface area contributed by atoms with Gasteiger partial charge in [-0.2, -0.15) is 3.89 Å². The Morgan fingerprint density at radius 2 is 1.23 bits per heavy atom. The Balaban J connectivity index is 0.000000191. The first-order valence-electron chi connectivity index (χ1n) is 13.0. The van der Waals surface area contributed by atoms with E-state index >= 15 is 0 Å². The van der Waals surface area contributed by atoms with Crippen molar-refractivity contribution in [1.29, 1.82) is 0 Å². The van der Waals surface area contributed by atoms with Crippen LogP contribution in [0, 0.1) is 0 Å². The number of anilines is 3. The number of benzene rings is 5. The molecule has 0 saturated heterocycles. The molecule has 0 unspecified atom stereocenters. The van der Waals surface area contributed by atoms with Gasteiger partial charge in [0.1, 0.15) is 0 Å². The second-order valence-electron chi connectivity index (χ2n) is 9.57. The van der Waals surface area contributed by atoms with Crippen molar-refractivity contribution in [2.75, 3.05) is 16.9 Å². The zero-order chi connectivity index (χ0) is 29.1. The van der Waals surface area contributed by atoms with Crippen LogP contribution in [0.5, 0.6) is 0 Å². The molecule has 0 radical (unpaired) electrons. The molecule has 2 nitrogen and oxygen atoms in total. The first kappa shape index (κ1) is 30.3. The molecule has 40 heavy (non-hydrogen) atoms. The molecule has 0 bridgehead atoms. The summed E-state index contributed by atoms with van der Waals surface area (Å²) in [6, 6.07) is 41.9. The van der Waals surface area contributed by atoms with Crippen molar-refractivity contribution in [3.8, 4) is 11.1 Å². The number of nitrogens with zero attached hydrogens (tertiary/aromatic N) is 1. The molecule has 0 atom stereocenters. The molecule has 0 aromatic heterocycles. The Hall–Kier alpha value is -4.28. The van der Waals surface area contributed by atoms with Crippen LogP contribution in [0.1, 0.15) is 19.4 Å². The molecule has 0 spiro atoms. The quantitative estimate of drug-likeness (QED) is 0.176. The van der Waals surface area contributed by atoms with E-state index in [1.807, 2.05) is 24.3 Å². The number of hydrogen-bond donors (Lipinski definition) is 1. The van der Waals surface area contributed by atoms with Crippen LogP contribution in [-0.2, 0) is 0 Å². The molecular weight excluding hydrogens is 511 g/mol. The van der Waals surface area contributed by atoms with Gasteiger partial charge in [0.05, 0.1) is 5.54 Å². The standard InChI is InChI=1S/C17H17N.C16H13N.C2H4.CH3FS/c1-13-15-11-7-8-12-16(15)18(17(13,2)3)14-9-5-4-6-10-14;17-16-9-8-14-10-13(6-7-15(14)11-16)12-4-2-1-3-5-12;1-2;1-3-2/h4-12H,1H2,2-3H3;1-11H,17H2;1-2H2;1H3. The maximum absolute atomic E-state index is 10.2. The fourth-order valence-corrected chi connectivity index (χ4v) is 4.80. The predicted molar refractivity (Wildman–Crippen MR) is 178 cm³/mol. The van der Waals surface area contributed by atoms with Crippen molar-refractivity contribution in [3.05, 3.63) is 147 Å². The van der Waals surface area contributed by atoms with Crippen molar-refractivity contribution in [3.63, 3.8) is 0 Å². The highest BCUT2D eigenvalue weighted by molar-refractivity contribution is 7.93. The van der Waals surface area contributed by atoms with E-state index in [0.29, 0.717) is 0 Å². The fourth-order valence-electron chi connectivity index (χ4n) is 4.80. The number of nitrogens with two attached hydrogens (primary N) is 1. The summed E-state index contributed by atoms with van der Waals surface area (Å²) in [6.07, 6.45) is 1.38. The summed E-state index contributed by atoms with van der Waals surface area (Å²) in [4.78, 5) is 2.37. The fraction of sp³-hybridized carbons (Fsp3) is 0.111. The zero-order valence-electron chi connectivity index (χ0n) is 23.5. The van der Waals surface area contributed by atoms with E-state index in [2.05, 4.69) is 136 Å². The minimum absolute atomic E-state index is 0.0783. The summed E-state index contributed by atoms with van der Waals surface area (Å²) in [6.45, 7) is 14.7. The molecule has 0 saturated carbocycles. The SMILES string of the molecule is C=C.C=C1c2ccccc2N(c2ccccc2)C1(C)C.CSF.Nc1ccc2cc(-c3ccccc3)ccc2c1. The minimum atomic E-state index is -0.0783. The largest absolute Gasteiger partial charge is 0.399 e. The Kier molecular flexibility index (Phi) is 10.7. The first-order valence-corrected chi connectivity index (χ1v) is 14.1. The number of rotatable bonds is 2. The lowest BCUT2D eigenvalue weighted by Crippen LogP contribution is -2.36. The van der Waals surface area contributed by atoms with Crippen molar-refractivity contribution < 1.29 is 3.89 Å². The van der Waals surface area contributed by atoms with Crippen molar-refractivity contribution in [1.82, 2.24) is 0 Å². The van der Waals surface area contributed by atoms with Gasteiger partial charge in [0, 0.05) is 41.0 Å². The van der Waals surface area contributed by atoms with Crippen LogP contribution in [-0.4, -0.2) is 11.8 Å². The topological polar surface area (TPSA) is 29.3 Å². The van der Waals surface area contributed by atoms with Crippen molar-refractivity contribution in [2.45, 2.75) is 19.4 Å². The maximum atomic E-state index is 10.2. The second-order valence-corrected chi connectivity index (χ2v) is 9.88. The number of para-hydroxylation sites is 2. The van der Waals surface area contributed by atoms with Gasteiger partial charge < -0.3 is 10.6 Å². The van der Waals surface area contributed by atoms with E-state index in [1.165, 1.54) is 50.7 Å². The van der Waals surface area contributed by atoms with Gasteiger partial charge in [-0.05, 0) is 77.7 Å². The van der Waals surface area contributed by atoms with Crippen LogP contribution in [0.15, 0.2) is 141 Å². The highest BCUT2D eigenvalue weighted by Gasteiger charge is 2.39. The van der Waals surface area contributed by atoms with Crippen molar-refractivity contribution in [2.24, 2.45) is 0 Å². The van der Waals surface area contributed by atoms with Gasteiger partial charge in [0.2, 0.25) is 0 Å². The number of halogens is 1. The molecule has 5 aromatic rings. The lowest BCUT2D eigenvalue weighted by atomic mass is 9.93. The Morgan fingerprint density at radius 3 is 1.88 bits per heavy atom. The summed E-state index contributed by atoms with van der Waals surface area (Å²) >= 11 is 0.250. The predicted octanol–water partition coefficient (Wildman–Crippen LogP) is 10.8. The van der Waals surface area contributed by atoms with Gasteiger partial charge in [-0.25, -0.2) is 0 Å². The summed E-state index contributed by atoms with van der Waals surface area (Å²) in [5, 5.41) is 2.41. The highest BCUT2D eigenvalue weighted by Crippen LogP contribution is 2.49. The molecule has 204 valence electrons. The van der Waals surface area contributed by atoms with Crippen molar-refractivity contribution >= 4 is 45.6 Å². The van der Waals surface area contributed by atoms with Crippen LogP contribution in [0.25, 0.3) is 27.5 Å². The highest BCUT2D eigenvalue weighted by atomic mass is 32.2. The summed E-state index contributed by atoms with van der Waals surface area (Å²) in [5.74, 6) is 0. The van der Waals surface area contributed by atoms with E-state index in [4.69, 9.17) is 5.73 Å². The molecular formula is C36H37FN2S. The Morgan fingerprint density at radius 1 is 0.700 bits per heavy atom. The lowest BCUT2D eigenvalue weighted by Gasteiger charge is -2.34. The molecule has 2 N–H and O–H groups in total. The van der Waals surface area contributed by atoms with E-state index in [-0.39, 0.29) is 17.7 Å². The van der Waals surface area contributed by atoms with E-state index < -0.39 is 0 Å². The van der Waals surface area contributed by atoms with Crippen LogP contribution < -0.4 is 10.6 Å². The van der Waals surface area contributed by atoms with Gasteiger partial charge in [-0.1, -0.05) is 91.5 Å². The third-order valence-electron chi connectivity index (χ3n) is 6.75. The van der Waals surface area contributed by atoms with E-state index in [9.17, 15) is 3.89 Å². The van der Waals surface area contributed by atoms with Gasteiger partial charge in [-0.15, -0.1) is 13.2 Å². The third-order valence-corrected chi connectivity index (χ3v) is 6.75. The summed E-state index contributed by atoms with van der Waals surface area (Å²) in [5.41, 5.74) is 13.9. The first-order chi connectivity index (χ1) is 19.4. The average Bonchev–Trinajstić information content (AvgIpc) is 3.20. The molecule has 0 fully saturated rings. The zero-order valence-corrected chi connectivity index (χ0v) is 24.3. The monoisotopic (exact) mass is 548 g/mol. The van der Waals surface area contributed by atoms with Gasteiger partial charge in [0.25, 0.3) is 0 Å². The molecule has 5 aromatic carbocycles. The average molecular weight is 549 g/mol. The normalized spacial score (nSPS) is 12.6. The summed E-state index contributed by atoms with van der Waals surface area (Å²) in [7, 11) is 0. The van der Waals surface area contributed by atoms with Crippen LogP contribution in [0.4, 0.5) is 20.9 Å². The van der Waals surface area contributed by atoms with E-state index in [0.717, 1.165) is 5.69 Å². The van der Waals surface area contributed by atoms with Crippen LogP contribution >= 0.6 is 12.1 Å². The molecule has 4 heteroatoms. The van der Waals surface area contributed by atoms with Gasteiger partial charge >= 0.3 is 0 Å². The number of fused-ring (bicyclic) bond motifs is 2. The van der Waals surface area contributed by atoms with Crippen LogP contribution in [0.3, 0.4) is 0 Å². The third kappa shape index (κ3) is 6.83. The lowest BCUT2D eigenvalue weighted by molar-refractivity contribution is 0.670. The molecule has 6 rings (SSSR count). The number of hydrogen-bond acceptors (Lipinski definition) is 3. The van der Waals surface area contributed by atoms with E-state index in [1.54, 1.807) is 0 Å². The molecule has 1 aliphatic heterocycles. The van der Waals surface area contributed by atoms with Crippen LogP contribution in [0.2, 0.25) is 0 Å². The molecule has 0 aliphatic carbocycles. The smallest absolute Gasteiger partial charge is 0.0647 e. The maximum Gasteiger partial charge on any atom is 0.0647 e. The van der Waals surface area contributed by atoms with Gasteiger partial charge in [0.15, 0.2) is 0 Å². The summed E-state index contributed by atoms with van der Waals surface area (Å²) < 4.78 is 10.2. The Bertz CT molecular complexity index is 1530. The minimum Gasteiger partial charge on any atom is -0.399 e. The number of nitrogen functional groups attached to an aromatic ring is 1. The molecule has 1 aliphatic rings.